The summed E-state index contributed by atoms with van der Waals surface area (Å²) < 4.78 is 34.2. The Hall–Kier alpha value is -3.53. The first-order valence-corrected chi connectivity index (χ1v) is 10.6. The third-order valence-corrected chi connectivity index (χ3v) is 5.78. The van der Waals surface area contributed by atoms with Crippen LogP contribution in [0.5, 0.6) is 0 Å². The number of anilines is 1. The van der Waals surface area contributed by atoms with Gasteiger partial charge in [0.25, 0.3) is 5.91 Å². The molecule has 4 rings (SSSR count). The van der Waals surface area contributed by atoms with Gasteiger partial charge in [0.05, 0.1) is 43.0 Å². The SMILES string of the molecule is COC(=O)CC(O)CNC(=O)c1cnn2ccc(N3CCC[C@@H]3c3cc(F)ccc3F)cc12. The molecule has 1 saturated heterocycles. The minimum absolute atomic E-state index is 0.127. The lowest BCUT2D eigenvalue weighted by atomic mass is 10.0. The summed E-state index contributed by atoms with van der Waals surface area (Å²) in [5.41, 5.74) is 1.88. The fourth-order valence-corrected chi connectivity index (χ4v) is 4.15. The number of halogens is 2. The molecule has 2 aromatic heterocycles. The van der Waals surface area contributed by atoms with E-state index in [0.29, 0.717) is 24.0 Å². The normalized spacial score (nSPS) is 16.7. The predicted octanol–water partition coefficient (Wildman–Crippen LogP) is 2.61. The molecule has 8 nitrogen and oxygen atoms in total. The van der Waals surface area contributed by atoms with Crippen molar-refractivity contribution in [2.45, 2.75) is 31.4 Å². The Kier molecular flexibility index (Phi) is 6.55. The number of rotatable bonds is 7. The van der Waals surface area contributed by atoms with Crippen LogP contribution in [0.2, 0.25) is 0 Å². The number of fused-ring (bicyclic) bond motifs is 1. The van der Waals surface area contributed by atoms with E-state index in [1.54, 1.807) is 12.3 Å². The summed E-state index contributed by atoms with van der Waals surface area (Å²) >= 11 is 0. The van der Waals surface area contributed by atoms with Gasteiger partial charge in [-0.1, -0.05) is 0 Å². The van der Waals surface area contributed by atoms with Gasteiger partial charge in [-0.05, 0) is 43.2 Å². The van der Waals surface area contributed by atoms with E-state index in [1.165, 1.54) is 23.9 Å². The first-order valence-electron chi connectivity index (χ1n) is 10.6. The van der Waals surface area contributed by atoms with Crippen LogP contribution in [-0.4, -0.2) is 52.9 Å². The summed E-state index contributed by atoms with van der Waals surface area (Å²) in [5.74, 6) is -1.98. The van der Waals surface area contributed by atoms with Crippen LogP contribution in [0, 0.1) is 11.6 Å². The van der Waals surface area contributed by atoms with E-state index in [4.69, 9.17) is 0 Å². The zero-order valence-electron chi connectivity index (χ0n) is 18.0. The molecule has 0 bridgehead atoms. The highest BCUT2D eigenvalue weighted by atomic mass is 19.1. The van der Waals surface area contributed by atoms with Crippen LogP contribution in [0.25, 0.3) is 5.52 Å². The molecule has 0 aliphatic carbocycles. The van der Waals surface area contributed by atoms with E-state index in [1.807, 2.05) is 11.0 Å². The van der Waals surface area contributed by atoms with Crippen LogP contribution >= 0.6 is 0 Å². The third kappa shape index (κ3) is 4.80. The van der Waals surface area contributed by atoms with Crippen LogP contribution in [0.4, 0.5) is 14.5 Å². The Balaban J connectivity index is 1.56. The average molecular weight is 458 g/mol. The summed E-state index contributed by atoms with van der Waals surface area (Å²) in [6, 6.07) is 6.74. The van der Waals surface area contributed by atoms with E-state index in [-0.39, 0.29) is 24.6 Å². The molecule has 1 amide bonds. The van der Waals surface area contributed by atoms with Gasteiger partial charge >= 0.3 is 5.97 Å². The highest BCUT2D eigenvalue weighted by molar-refractivity contribution is 6.01. The van der Waals surface area contributed by atoms with Gasteiger partial charge in [0.1, 0.15) is 11.6 Å². The van der Waals surface area contributed by atoms with Gasteiger partial charge in [-0.15, -0.1) is 0 Å². The zero-order valence-corrected chi connectivity index (χ0v) is 18.0. The minimum Gasteiger partial charge on any atom is -0.469 e. The summed E-state index contributed by atoms with van der Waals surface area (Å²) in [6.45, 7) is 0.532. The Labute approximate surface area is 188 Å². The van der Waals surface area contributed by atoms with Crippen LogP contribution in [0.15, 0.2) is 42.7 Å². The van der Waals surface area contributed by atoms with E-state index in [9.17, 15) is 23.5 Å². The second-order valence-electron chi connectivity index (χ2n) is 7.93. The number of carbonyl (C=O) groups is 2. The van der Waals surface area contributed by atoms with Gasteiger partial charge in [0.2, 0.25) is 0 Å². The molecule has 0 radical (unpaired) electrons. The summed E-state index contributed by atoms with van der Waals surface area (Å²) in [5, 5.41) is 16.7. The van der Waals surface area contributed by atoms with E-state index >= 15 is 0 Å². The average Bonchev–Trinajstić information content (AvgIpc) is 3.45. The smallest absolute Gasteiger partial charge is 0.308 e. The number of hydrogen-bond donors (Lipinski definition) is 2. The monoisotopic (exact) mass is 458 g/mol. The number of benzene rings is 1. The molecule has 174 valence electrons. The van der Waals surface area contributed by atoms with Crippen molar-refractivity contribution in [2.24, 2.45) is 0 Å². The molecule has 2 atom stereocenters. The Morgan fingerprint density at radius 2 is 2.12 bits per heavy atom. The van der Waals surface area contributed by atoms with Crippen LogP contribution in [0.1, 0.15) is 41.2 Å². The number of aromatic nitrogens is 2. The summed E-state index contributed by atoms with van der Waals surface area (Å²) in [4.78, 5) is 25.9. The van der Waals surface area contributed by atoms with Crippen molar-refractivity contribution < 1.29 is 28.2 Å². The molecule has 1 fully saturated rings. The highest BCUT2D eigenvalue weighted by Crippen LogP contribution is 2.38. The summed E-state index contributed by atoms with van der Waals surface area (Å²) in [7, 11) is 1.22. The molecule has 3 heterocycles. The molecule has 1 unspecified atom stereocenters. The topological polar surface area (TPSA) is 96.2 Å². The van der Waals surface area contributed by atoms with Crippen LogP contribution in [-0.2, 0) is 9.53 Å². The second-order valence-corrected chi connectivity index (χ2v) is 7.93. The molecular weight excluding hydrogens is 434 g/mol. The number of pyridine rings is 1. The lowest BCUT2D eigenvalue weighted by Gasteiger charge is -2.27. The number of esters is 1. The maximum atomic E-state index is 14.4. The molecule has 1 aromatic carbocycles. The first-order chi connectivity index (χ1) is 15.9. The van der Waals surface area contributed by atoms with Crippen molar-refractivity contribution in [3.63, 3.8) is 0 Å². The van der Waals surface area contributed by atoms with Gasteiger partial charge in [-0.25, -0.2) is 13.3 Å². The highest BCUT2D eigenvalue weighted by Gasteiger charge is 2.29. The standard InChI is InChI=1S/C23H24F2N4O4/c1-33-22(31)11-16(30)12-26-23(32)18-13-27-29-8-6-15(10-21(18)29)28-7-2-3-20(28)17-9-14(24)4-5-19(17)25/h4-6,8-10,13,16,20,30H,2-3,7,11-12H2,1H3,(H,26,32)/t16?,20-/m1/s1. The Morgan fingerprint density at radius 1 is 1.30 bits per heavy atom. The van der Waals surface area contributed by atoms with E-state index in [0.717, 1.165) is 24.2 Å². The van der Waals surface area contributed by atoms with Crippen molar-refractivity contribution in [3.05, 3.63) is 65.5 Å². The zero-order chi connectivity index (χ0) is 23.5. The lowest BCUT2D eigenvalue weighted by Crippen LogP contribution is -2.33. The number of nitrogens with zero attached hydrogens (tertiary/aromatic N) is 3. The Morgan fingerprint density at radius 3 is 2.91 bits per heavy atom. The molecule has 3 aromatic rings. The molecular formula is C23H24F2N4O4. The molecule has 2 N–H and O–H groups in total. The molecule has 1 aliphatic heterocycles. The quantitative estimate of drug-likeness (QED) is 0.529. The van der Waals surface area contributed by atoms with Crippen molar-refractivity contribution in [1.82, 2.24) is 14.9 Å². The van der Waals surface area contributed by atoms with Gasteiger partial charge in [0, 0.05) is 30.5 Å². The van der Waals surface area contributed by atoms with E-state index < -0.39 is 29.6 Å². The number of nitrogens with one attached hydrogen (secondary N) is 1. The van der Waals surface area contributed by atoms with Gasteiger partial charge in [-0.3, -0.25) is 9.59 Å². The van der Waals surface area contributed by atoms with Gasteiger partial charge < -0.3 is 20.1 Å². The van der Waals surface area contributed by atoms with Crippen LogP contribution in [0.3, 0.4) is 0 Å². The lowest BCUT2D eigenvalue weighted by molar-refractivity contribution is -0.142. The first kappa shape index (κ1) is 22.7. The van der Waals surface area contributed by atoms with E-state index in [2.05, 4.69) is 15.2 Å². The molecule has 0 spiro atoms. The third-order valence-electron chi connectivity index (χ3n) is 5.78. The minimum atomic E-state index is -1.08. The van der Waals surface area contributed by atoms with Crippen molar-refractivity contribution in [1.29, 1.82) is 0 Å². The maximum Gasteiger partial charge on any atom is 0.308 e. The molecule has 1 aliphatic rings. The maximum absolute atomic E-state index is 14.4. The molecule has 10 heteroatoms. The molecule has 0 saturated carbocycles. The van der Waals surface area contributed by atoms with Crippen molar-refractivity contribution in [3.8, 4) is 0 Å². The predicted molar refractivity (Wildman–Crippen MR) is 116 cm³/mol. The van der Waals surface area contributed by atoms with Gasteiger partial charge in [-0.2, -0.15) is 5.10 Å². The van der Waals surface area contributed by atoms with Crippen molar-refractivity contribution in [2.75, 3.05) is 25.1 Å². The van der Waals surface area contributed by atoms with Crippen LogP contribution < -0.4 is 10.2 Å². The number of methoxy groups -OCH3 is 1. The fraction of sp³-hybridized carbons (Fsp3) is 0.348. The number of aliphatic hydroxyl groups is 1. The van der Waals surface area contributed by atoms with Crippen molar-refractivity contribution >= 4 is 23.1 Å². The largest absolute Gasteiger partial charge is 0.469 e. The Bertz CT molecular complexity index is 1180. The molecule has 33 heavy (non-hydrogen) atoms. The number of carbonyl (C=O) groups excluding carboxylic acids is 2. The number of hydrogen-bond acceptors (Lipinski definition) is 6. The second kappa shape index (κ2) is 9.53. The fourth-order valence-electron chi connectivity index (χ4n) is 4.15. The summed E-state index contributed by atoms with van der Waals surface area (Å²) in [6.07, 6.45) is 3.29. The number of ether oxygens (including phenoxy) is 1. The number of aliphatic hydroxyl groups excluding tert-OH is 1. The van der Waals surface area contributed by atoms with Gasteiger partial charge in [0.15, 0.2) is 0 Å². The number of amides is 1.